The number of hydrogen-bond donors (Lipinski definition) is 1. The second kappa shape index (κ2) is 6.36. The lowest BCUT2D eigenvalue weighted by Crippen LogP contribution is -2.12. The van der Waals surface area contributed by atoms with Gasteiger partial charge in [0.05, 0.1) is 21.6 Å². The van der Waals surface area contributed by atoms with Crippen LogP contribution in [0.15, 0.2) is 10.5 Å². The zero-order chi connectivity index (χ0) is 14.0. The van der Waals surface area contributed by atoms with E-state index in [1.165, 1.54) is 0 Å². The average molecular weight is 321 g/mol. The average Bonchev–Trinajstić information content (AvgIpc) is 2.74. The van der Waals surface area contributed by atoms with E-state index in [1.54, 1.807) is 6.07 Å². The molecular formula is C14H16Cl3NO. The molecule has 0 aliphatic rings. The number of halogens is 3. The first kappa shape index (κ1) is 15.0. The Kier molecular flexibility index (Phi) is 5.02. The summed E-state index contributed by atoms with van der Waals surface area (Å²) in [6.07, 6.45) is 1.90. The van der Waals surface area contributed by atoms with E-state index in [4.69, 9.17) is 39.2 Å². The van der Waals surface area contributed by atoms with Crippen molar-refractivity contribution in [1.29, 1.82) is 0 Å². The molecule has 0 spiro atoms. The number of furan rings is 1. The lowest BCUT2D eigenvalue weighted by molar-refractivity contribution is 0.513. The summed E-state index contributed by atoms with van der Waals surface area (Å²) < 4.78 is 5.88. The van der Waals surface area contributed by atoms with E-state index in [2.05, 4.69) is 19.2 Å². The molecule has 0 atom stereocenters. The van der Waals surface area contributed by atoms with Crippen LogP contribution in [0.5, 0.6) is 0 Å². The number of rotatable bonds is 5. The summed E-state index contributed by atoms with van der Waals surface area (Å²) >= 11 is 18.6. The maximum absolute atomic E-state index is 6.32. The van der Waals surface area contributed by atoms with Crippen LogP contribution in [0.1, 0.15) is 31.6 Å². The molecule has 0 fully saturated rings. The van der Waals surface area contributed by atoms with Crippen LogP contribution in [0.4, 0.5) is 0 Å². The summed E-state index contributed by atoms with van der Waals surface area (Å²) in [5, 5.41) is 5.61. The molecule has 1 aromatic carbocycles. The third kappa shape index (κ3) is 2.87. The maximum Gasteiger partial charge on any atom is 0.154 e. The number of nitrogens with one attached hydrogen (secondary N) is 1. The molecule has 0 bridgehead atoms. The monoisotopic (exact) mass is 319 g/mol. The minimum absolute atomic E-state index is 0.465. The van der Waals surface area contributed by atoms with E-state index >= 15 is 0 Å². The first-order chi connectivity index (χ1) is 9.10. The molecule has 19 heavy (non-hydrogen) atoms. The Hall–Kier alpha value is -0.410. The van der Waals surface area contributed by atoms with Crippen LogP contribution in [0, 0.1) is 0 Å². The van der Waals surface area contributed by atoms with Crippen molar-refractivity contribution >= 4 is 45.8 Å². The molecule has 0 aliphatic heterocycles. The molecule has 2 aromatic rings. The summed E-state index contributed by atoms with van der Waals surface area (Å²) in [6, 6.07) is 1.63. The lowest BCUT2D eigenvalue weighted by atomic mass is 10.1. The number of benzene rings is 1. The first-order valence-corrected chi connectivity index (χ1v) is 7.51. The number of aryl methyl sites for hydroxylation is 1. The van der Waals surface area contributed by atoms with E-state index in [0.717, 1.165) is 36.1 Å². The Bertz CT molecular complexity index is 592. The van der Waals surface area contributed by atoms with Gasteiger partial charge in [-0.1, -0.05) is 55.1 Å². The Labute approximate surface area is 128 Å². The highest BCUT2D eigenvalue weighted by atomic mass is 35.5. The Morgan fingerprint density at radius 2 is 1.89 bits per heavy atom. The molecule has 1 aromatic heterocycles. The Morgan fingerprint density at radius 3 is 2.53 bits per heavy atom. The van der Waals surface area contributed by atoms with Crippen LogP contribution in [-0.4, -0.2) is 6.54 Å². The summed E-state index contributed by atoms with van der Waals surface area (Å²) in [7, 11) is 0. The van der Waals surface area contributed by atoms with Gasteiger partial charge in [0.2, 0.25) is 0 Å². The smallest absolute Gasteiger partial charge is 0.154 e. The maximum atomic E-state index is 6.32. The third-order valence-corrected chi connectivity index (χ3v) is 4.09. The predicted octanol–water partition coefficient (Wildman–Crippen LogP) is 5.46. The van der Waals surface area contributed by atoms with Gasteiger partial charge < -0.3 is 9.73 Å². The second-order valence-corrected chi connectivity index (χ2v) is 5.58. The van der Waals surface area contributed by atoms with Gasteiger partial charge in [0.25, 0.3) is 0 Å². The van der Waals surface area contributed by atoms with Crippen LogP contribution < -0.4 is 5.32 Å². The van der Waals surface area contributed by atoms with Crippen LogP contribution in [0.3, 0.4) is 0 Å². The van der Waals surface area contributed by atoms with Crippen molar-refractivity contribution in [3.05, 3.63) is 32.5 Å². The minimum atomic E-state index is 0.465. The molecule has 0 radical (unpaired) electrons. The fourth-order valence-electron chi connectivity index (χ4n) is 2.17. The molecule has 0 saturated carbocycles. The third-order valence-electron chi connectivity index (χ3n) is 3.03. The van der Waals surface area contributed by atoms with Crippen molar-refractivity contribution in [2.45, 2.75) is 33.2 Å². The standard InChI is InChI=1S/C14H16Cl3NO/c1-3-5-8-11(7-18-4-2)19-14-10(16)6-9(15)13(17)12(8)14/h6,18H,3-5,7H2,1-2H3. The van der Waals surface area contributed by atoms with Crippen molar-refractivity contribution in [1.82, 2.24) is 5.32 Å². The van der Waals surface area contributed by atoms with Gasteiger partial charge in [0, 0.05) is 10.9 Å². The van der Waals surface area contributed by atoms with Gasteiger partial charge >= 0.3 is 0 Å². The Morgan fingerprint density at radius 1 is 1.16 bits per heavy atom. The van der Waals surface area contributed by atoms with Gasteiger partial charge in [-0.05, 0) is 19.0 Å². The van der Waals surface area contributed by atoms with Crippen molar-refractivity contribution in [2.75, 3.05) is 6.54 Å². The lowest BCUT2D eigenvalue weighted by Gasteiger charge is -2.03. The molecular weight excluding hydrogens is 305 g/mol. The molecule has 1 heterocycles. The highest BCUT2D eigenvalue weighted by Gasteiger charge is 2.20. The van der Waals surface area contributed by atoms with E-state index in [9.17, 15) is 0 Å². The fourth-order valence-corrected chi connectivity index (χ4v) is 2.92. The highest BCUT2D eigenvalue weighted by molar-refractivity contribution is 6.47. The van der Waals surface area contributed by atoms with Gasteiger partial charge in [-0.2, -0.15) is 0 Å². The predicted molar refractivity (Wildman–Crippen MR) is 82.6 cm³/mol. The quantitative estimate of drug-likeness (QED) is 0.740. The Balaban J connectivity index is 2.66. The topological polar surface area (TPSA) is 25.2 Å². The molecule has 5 heteroatoms. The normalized spacial score (nSPS) is 11.4. The molecule has 0 aliphatic carbocycles. The van der Waals surface area contributed by atoms with Crippen LogP contribution in [0.2, 0.25) is 15.1 Å². The van der Waals surface area contributed by atoms with Gasteiger partial charge in [0.15, 0.2) is 5.58 Å². The van der Waals surface area contributed by atoms with E-state index in [0.29, 0.717) is 27.2 Å². The van der Waals surface area contributed by atoms with Gasteiger partial charge in [-0.3, -0.25) is 0 Å². The molecule has 0 amide bonds. The summed E-state index contributed by atoms with van der Waals surface area (Å²) in [4.78, 5) is 0. The zero-order valence-corrected chi connectivity index (χ0v) is 13.2. The van der Waals surface area contributed by atoms with Crippen molar-refractivity contribution < 1.29 is 4.42 Å². The highest BCUT2D eigenvalue weighted by Crippen LogP contribution is 2.41. The molecule has 104 valence electrons. The zero-order valence-electron chi connectivity index (χ0n) is 10.9. The molecule has 1 N–H and O–H groups in total. The number of fused-ring (bicyclic) bond motifs is 1. The van der Waals surface area contributed by atoms with Gasteiger partial charge in [-0.25, -0.2) is 0 Å². The minimum Gasteiger partial charge on any atom is -0.458 e. The summed E-state index contributed by atoms with van der Waals surface area (Å²) in [6.45, 7) is 5.73. The van der Waals surface area contributed by atoms with Crippen LogP contribution in [-0.2, 0) is 13.0 Å². The largest absolute Gasteiger partial charge is 0.458 e. The van der Waals surface area contributed by atoms with Crippen molar-refractivity contribution in [2.24, 2.45) is 0 Å². The first-order valence-electron chi connectivity index (χ1n) is 6.38. The van der Waals surface area contributed by atoms with Gasteiger partial charge in [-0.15, -0.1) is 0 Å². The summed E-state index contributed by atoms with van der Waals surface area (Å²) in [5.41, 5.74) is 1.74. The van der Waals surface area contributed by atoms with Crippen molar-refractivity contribution in [3.63, 3.8) is 0 Å². The SMILES string of the molecule is CCCc1c(CNCC)oc2c(Cl)cc(Cl)c(Cl)c12. The van der Waals surface area contributed by atoms with E-state index in [-0.39, 0.29) is 0 Å². The molecule has 2 rings (SSSR count). The fraction of sp³-hybridized carbons (Fsp3) is 0.429. The molecule has 0 unspecified atom stereocenters. The summed E-state index contributed by atoms with van der Waals surface area (Å²) in [5.74, 6) is 0.893. The van der Waals surface area contributed by atoms with Crippen LogP contribution in [0.25, 0.3) is 11.0 Å². The number of hydrogen-bond acceptors (Lipinski definition) is 2. The van der Waals surface area contributed by atoms with Crippen molar-refractivity contribution in [3.8, 4) is 0 Å². The van der Waals surface area contributed by atoms with E-state index < -0.39 is 0 Å². The van der Waals surface area contributed by atoms with Gasteiger partial charge in [0.1, 0.15) is 5.76 Å². The molecule has 2 nitrogen and oxygen atoms in total. The molecule has 0 saturated heterocycles. The van der Waals surface area contributed by atoms with E-state index in [1.807, 2.05) is 0 Å². The van der Waals surface area contributed by atoms with Crippen LogP contribution >= 0.6 is 34.8 Å². The second-order valence-electron chi connectivity index (χ2n) is 4.39.